The van der Waals surface area contributed by atoms with E-state index < -0.39 is 0 Å². The minimum absolute atomic E-state index is 0.373. The molecule has 0 unspecified atom stereocenters. The van der Waals surface area contributed by atoms with Crippen LogP contribution in [0.2, 0.25) is 0 Å². The Labute approximate surface area is 191 Å². The van der Waals surface area contributed by atoms with Crippen molar-refractivity contribution in [2.45, 2.75) is 71.8 Å². The zero-order valence-electron chi connectivity index (χ0n) is 19.9. The molecule has 1 atom stereocenters. The standard InChI is InChI=1S/C30H33N2/c1-18(2)26-17-22-16-21-10-6-7-12-24(21)28(22)27(19(3)4)29(26)32-15-14-31-20(5)23-11-8-9-13-25(23)30(31)32/h7-9,11-15,17-20H,6,10,16H2,1-5H3/q+1/t20-/m1/s1. The van der Waals surface area contributed by atoms with E-state index in [0.29, 0.717) is 17.9 Å². The van der Waals surface area contributed by atoms with Crippen molar-refractivity contribution in [2.75, 3.05) is 0 Å². The SMILES string of the molecule is CC(C)c1cc2c(c(C(C)C)c1-n1cc[n+]3c1-c1ccccc1[C@H]3C)C1=C(CCC=C1)C2. The Kier molecular flexibility index (Phi) is 4.37. The molecular formula is C30H33N2+. The number of aromatic nitrogens is 2. The number of nitrogens with zero attached hydrogens (tertiary/aromatic N) is 2. The summed E-state index contributed by atoms with van der Waals surface area (Å²) in [5.41, 5.74) is 13.4. The third-order valence-corrected chi connectivity index (χ3v) is 7.76. The highest BCUT2D eigenvalue weighted by molar-refractivity contribution is 5.88. The van der Waals surface area contributed by atoms with Crippen molar-refractivity contribution in [2.24, 2.45) is 0 Å². The number of benzene rings is 2. The van der Waals surface area contributed by atoms with Gasteiger partial charge in [0.2, 0.25) is 0 Å². The quantitative estimate of drug-likeness (QED) is 0.394. The van der Waals surface area contributed by atoms with Gasteiger partial charge in [0, 0.05) is 16.7 Å². The summed E-state index contributed by atoms with van der Waals surface area (Å²) in [5, 5.41) is 0. The van der Waals surface area contributed by atoms with Gasteiger partial charge in [-0.25, -0.2) is 4.57 Å². The lowest BCUT2D eigenvalue weighted by molar-refractivity contribution is -0.693. The van der Waals surface area contributed by atoms with Gasteiger partial charge < -0.3 is 0 Å². The second kappa shape index (κ2) is 7.07. The largest absolute Gasteiger partial charge is 0.295 e. The molecule has 2 aliphatic carbocycles. The van der Waals surface area contributed by atoms with Crippen LogP contribution in [0.5, 0.6) is 0 Å². The van der Waals surface area contributed by atoms with Crippen LogP contribution >= 0.6 is 0 Å². The van der Waals surface area contributed by atoms with Gasteiger partial charge in [0.25, 0.3) is 5.82 Å². The lowest BCUT2D eigenvalue weighted by Crippen LogP contribution is -2.34. The zero-order chi connectivity index (χ0) is 22.1. The molecule has 0 saturated heterocycles. The fourth-order valence-corrected chi connectivity index (χ4v) is 6.27. The highest BCUT2D eigenvalue weighted by Crippen LogP contribution is 2.47. The molecule has 0 amide bonds. The average Bonchev–Trinajstić information content (AvgIpc) is 3.45. The minimum Gasteiger partial charge on any atom is -0.223 e. The second-order valence-corrected chi connectivity index (χ2v) is 10.4. The van der Waals surface area contributed by atoms with E-state index >= 15 is 0 Å². The molecule has 0 fully saturated rings. The molecule has 2 nitrogen and oxygen atoms in total. The van der Waals surface area contributed by atoms with Crippen LogP contribution < -0.4 is 4.57 Å². The smallest absolute Gasteiger partial charge is 0.223 e. The maximum atomic E-state index is 2.54. The molecule has 3 aromatic rings. The van der Waals surface area contributed by atoms with E-state index in [1.54, 1.807) is 11.1 Å². The molecule has 0 spiro atoms. The van der Waals surface area contributed by atoms with Crippen molar-refractivity contribution in [1.29, 1.82) is 0 Å². The summed E-state index contributed by atoms with van der Waals surface area (Å²) in [4.78, 5) is 0. The summed E-state index contributed by atoms with van der Waals surface area (Å²) in [7, 11) is 0. The third-order valence-electron chi connectivity index (χ3n) is 7.76. The topological polar surface area (TPSA) is 8.81 Å². The van der Waals surface area contributed by atoms with Crippen LogP contribution in [-0.4, -0.2) is 4.57 Å². The summed E-state index contributed by atoms with van der Waals surface area (Å²) in [6, 6.07) is 11.8. The van der Waals surface area contributed by atoms with Crippen molar-refractivity contribution < 1.29 is 4.57 Å². The highest BCUT2D eigenvalue weighted by atomic mass is 15.2. The van der Waals surface area contributed by atoms with Crippen molar-refractivity contribution >= 4 is 5.57 Å². The van der Waals surface area contributed by atoms with Gasteiger partial charge in [-0.3, -0.25) is 0 Å². The number of hydrogen-bond donors (Lipinski definition) is 0. The maximum absolute atomic E-state index is 2.54. The Balaban J connectivity index is 1.69. The Morgan fingerprint density at radius 3 is 2.66 bits per heavy atom. The molecule has 0 bridgehead atoms. The lowest BCUT2D eigenvalue weighted by Gasteiger charge is -2.23. The Morgan fingerprint density at radius 1 is 1.06 bits per heavy atom. The van der Waals surface area contributed by atoms with Crippen molar-refractivity contribution in [3.8, 4) is 17.1 Å². The van der Waals surface area contributed by atoms with Crippen LogP contribution in [-0.2, 0) is 6.42 Å². The first-order chi connectivity index (χ1) is 15.5. The molecule has 162 valence electrons. The molecule has 2 heterocycles. The fourth-order valence-electron chi connectivity index (χ4n) is 6.27. The van der Waals surface area contributed by atoms with Crippen LogP contribution in [0.1, 0.15) is 93.2 Å². The number of fused-ring (bicyclic) bond motifs is 5. The second-order valence-electron chi connectivity index (χ2n) is 10.4. The van der Waals surface area contributed by atoms with Crippen LogP contribution in [0.15, 0.2) is 60.5 Å². The lowest BCUT2D eigenvalue weighted by atomic mass is 9.84. The third kappa shape index (κ3) is 2.62. The Morgan fingerprint density at radius 2 is 1.88 bits per heavy atom. The van der Waals surface area contributed by atoms with Gasteiger partial charge in [0.1, 0.15) is 24.1 Å². The number of allylic oxidation sites excluding steroid dienone is 4. The van der Waals surface area contributed by atoms with E-state index in [2.05, 4.69) is 98.6 Å². The summed E-state index contributed by atoms with van der Waals surface area (Å²) < 4.78 is 4.97. The first kappa shape index (κ1) is 19.8. The maximum Gasteiger partial charge on any atom is 0.295 e. The van der Waals surface area contributed by atoms with E-state index in [4.69, 9.17) is 0 Å². The van der Waals surface area contributed by atoms with Gasteiger partial charge in [-0.05, 0) is 60.8 Å². The predicted octanol–water partition coefficient (Wildman–Crippen LogP) is 7.26. The van der Waals surface area contributed by atoms with Gasteiger partial charge in [0.05, 0.1) is 5.56 Å². The molecule has 2 heteroatoms. The van der Waals surface area contributed by atoms with Gasteiger partial charge in [-0.1, -0.05) is 69.7 Å². The minimum atomic E-state index is 0.373. The first-order valence-corrected chi connectivity index (χ1v) is 12.3. The molecule has 0 radical (unpaired) electrons. The van der Waals surface area contributed by atoms with Crippen molar-refractivity contribution in [3.05, 3.63) is 88.3 Å². The number of imidazole rings is 1. The van der Waals surface area contributed by atoms with Crippen LogP contribution in [0, 0.1) is 0 Å². The van der Waals surface area contributed by atoms with E-state index in [9.17, 15) is 0 Å². The van der Waals surface area contributed by atoms with Crippen LogP contribution in [0.3, 0.4) is 0 Å². The molecule has 3 aliphatic rings. The van der Waals surface area contributed by atoms with Crippen LogP contribution in [0.4, 0.5) is 0 Å². The summed E-state index contributed by atoms with van der Waals surface area (Å²) in [6.45, 7) is 11.8. The Hall–Kier alpha value is -2.87. The van der Waals surface area contributed by atoms with Gasteiger partial charge in [0.15, 0.2) is 0 Å². The van der Waals surface area contributed by atoms with E-state index in [1.165, 1.54) is 57.7 Å². The van der Waals surface area contributed by atoms with Gasteiger partial charge in [-0.2, -0.15) is 4.57 Å². The van der Waals surface area contributed by atoms with Gasteiger partial charge in [-0.15, -0.1) is 0 Å². The molecule has 0 saturated carbocycles. The van der Waals surface area contributed by atoms with Crippen LogP contribution in [0.25, 0.3) is 22.6 Å². The highest BCUT2D eigenvalue weighted by Gasteiger charge is 2.38. The average molecular weight is 422 g/mol. The molecule has 2 aromatic carbocycles. The number of hydrogen-bond acceptors (Lipinski definition) is 0. The normalized spacial score (nSPS) is 18.4. The van der Waals surface area contributed by atoms with Crippen molar-refractivity contribution in [1.82, 2.24) is 4.57 Å². The van der Waals surface area contributed by atoms with E-state index in [1.807, 2.05) is 0 Å². The Bertz CT molecular complexity index is 1310. The predicted molar refractivity (Wildman–Crippen MR) is 132 cm³/mol. The van der Waals surface area contributed by atoms with Gasteiger partial charge >= 0.3 is 0 Å². The summed E-state index contributed by atoms with van der Waals surface area (Å²) in [5.74, 6) is 2.25. The fraction of sp³-hybridized carbons (Fsp3) is 0.367. The van der Waals surface area contributed by atoms with Crippen molar-refractivity contribution in [3.63, 3.8) is 0 Å². The molecule has 1 aliphatic heterocycles. The zero-order valence-corrected chi connectivity index (χ0v) is 19.9. The molecule has 0 N–H and O–H groups in total. The van der Waals surface area contributed by atoms with E-state index in [-0.39, 0.29) is 0 Å². The monoisotopic (exact) mass is 421 g/mol. The van der Waals surface area contributed by atoms with E-state index in [0.717, 1.165) is 6.42 Å². The number of rotatable bonds is 3. The summed E-state index contributed by atoms with van der Waals surface area (Å²) >= 11 is 0. The molecule has 1 aromatic heterocycles. The molecule has 6 rings (SSSR count). The molecule has 32 heavy (non-hydrogen) atoms. The molecular weight excluding hydrogens is 388 g/mol. The first-order valence-electron chi connectivity index (χ1n) is 12.3. The summed E-state index contributed by atoms with van der Waals surface area (Å²) in [6.07, 6.45) is 12.9.